The lowest BCUT2D eigenvalue weighted by atomic mass is 10.0. The first-order chi connectivity index (χ1) is 6.93. The van der Waals surface area contributed by atoms with Crippen molar-refractivity contribution >= 4 is 11.6 Å². The van der Waals surface area contributed by atoms with E-state index in [9.17, 15) is 15.0 Å². The molecule has 0 aliphatic rings. The summed E-state index contributed by atoms with van der Waals surface area (Å²) in [5, 5.41) is 18.9. The van der Waals surface area contributed by atoms with E-state index in [1.165, 1.54) is 0 Å². The molecule has 0 spiro atoms. The van der Waals surface area contributed by atoms with Gasteiger partial charge >= 0.3 is 0 Å². The van der Waals surface area contributed by atoms with Crippen LogP contribution in [0, 0.1) is 6.92 Å². The summed E-state index contributed by atoms with van der Waals surface area (Å²) in [5.41, 5.74) is 12.0. The predicted molar refractivity (Wildman–Crippen MR) is 55.8 cm³/mol. The van der Waals surface area contributed by atoms with Crippen LogP contribution in [0.1, 0.15) is 17.2 Å². The average molecular weight is 210 g/mol. The number of amides is 1. The zero-order valence-corrected chi connectivity index (χ0v) is 8.34. The maximum absolute atomic E-state index is 10.7. The number of carbonyl (C=O) groups excluding carboxylic acids is 1. The highest BCUT2D eigenvalue weighted by Gasteiger charge is 2.24. The smallest absolute Gasteiger partial charge is 0.249 e. The zero-order chi connectivity index (χ0) is 11.6. The summed E-state index contributed by atoms with van der Waals surface area (Å²) in [4.78, 5) is 10.7. The van der Waals surface area contributed by atoms with Crippen LogP contribution in [0.3, 0.4) is 0 Å². The van der Waals surface area contributed by atoms with Gasteiger partial charge in [-0.2, -0.15) is 0 Å². The molecule has 0 fully saturated rings. The van der Waals surface area contributed by atoms with Crippen LogP contribution in [-0.4, -0.2) is 22.2 Å². The number of rotatable bonds is 3. The molecule has 1 aromatic rings. The number of aryl methyl sites for hydroxylation is 1. The number of hydrogen-bond donors (Lipinski definition) is 4. The van der Waals surface area contributed by atoms with Gasteiger partial charge in [-0.1, -0.05) is 12.1 Å². The summed E-state index contributed by atoms with van der Waals surface area (Å²) in [6, 6.07) is 4.93. The first kappa shape index (κ1) is 11.5. The Morgan fingerprint density at radius 2 is 2.00 bits per heavy atom. The van der Waals surface area contributed by atoms with Crippen molar-refractivity contribution in [1.29, 1.82) is 0 Å². The maximum atomic E-state index is 10.7. The van der Waals surface area contributed by atoms with Crippen molar-refractivity contribution in [2.45, 2.75) is 19.1 Å². The average Bonchev–Trinajstić information content (AvgIpc) is 2.15. The Bertz CT molecular complexity index is 379. The number of aliphatic hydroxyl groups excluding tert-OH is 2. The quantitative estimate of drug-likeness (QED) is 0.502. The first-order valence-corrected chi connectivity index (χ1v) is 4.45. The highest BCUT2D eigenvalue weighted by atomic mass is 16.3. The molecular weight excluding hydrogens is 196 g/mol. The molecule has 2 unspecified atom stereocenters. The highest BCUT2D eigenvalue weighted by molar-refractivity contribution is 5.79. The van der Waals surface area contributed by atoms with Gasteiger partial charge in [0.1, 0.15) is 6.10 Å². The Morgan fingerprint density at radius 1 is 1.40 bits per heavy atom. The third kappa shape index (κ3) is 2.45. The molecule has 2 atom stereocenters. The van der Waals surface area contributed by atoms with Gasteiger partial charge in [0.25, 0.3) is 0 Å². The van der Waals surface area contributed by atoms with Crippen LogP contribution < -0.4 is 11.5 Å². The lowest BCUT2D eigenvalue weighted by Crippen LogP contribution is -2.34. The van der Waals surface area contributed by atoms with Crippen molar-refractivity contribution < 1.29 is 15.0 Å². The summed E-state index contributed by atoms with van der Waals surface area (Å²) in [7, 11) is 0. The van der Waals surface area contributed by atoms with Crippen molar-refractivity contribution in [2.75, 3.05) is 5.73 Å². The number of aliphatic hydroxyl groups is 2. The normalized spacial score (nSPS) is 14.6. The molecule has 5 nitrogen and oxygen atoms in total. The lowest BCUT2D eigenvalue weighted by molar-refractivity contribution is -0.131. The van der Waals surface area contributed by atoms with Crippen molar-refractivity contribution in [3.8, 4) is 0 Å². The summed E-state index contributed by atoms with van der Waals surface area (Å²) in [6.45, 7) is 1.84. The Balaban J connectivity index is 3.01. The molecule has 15 heavy (non-hydrogen) atoms. The van der Waals surface area contributed by atoms with Crippen molar-refractivity contribution in [3.05, 3.63) is 29.3 Å². The minimum Gasteiger partial charge on any atom is -0.398 e. The predicted octanol–water partition coefficient (Wildman–Crippen LogP) is -0.543. The van der Waals surface area contributed by atoms with Gasteiger partial charge in [-0.05, 0) is 18.6 Å². The summed E-state index contributed by atoms with van der Waals surface area (Å²) in [6.07, 6.45) is -3.03. The largest absolute Gasteiger partial charge is 0.398 e. The molecule has 0 saturated carbocycles. The van der Waals surface area contributed by atoms with Crippen LogP contribution in [0.5, 0.6) is 0 Å². The van der Waals surface area contributed by atoms with E-state index >= 15 is 0 Å². The number of benzene rings is 1. The maximum Gasteiger partial charge on any atom is 0.249 e. The van der Waals surface area contributed by atoms with Crippen molar-refractivity contribution in [1.82, 2.24) is 0 Å². The summed E-state index contributed by atoms with van der Waals surface area (Å²) in [5.74, 6) is -0.984. The second-order valence-electron chi connectivity index (χ2n) is 3.42. The van der Waals surface area contributed by atoms with E-state index in [1.807, 2.05) is 6.92 Å². The van der Waals surface area contributed by atoms with Gasteiger partial charge in [0, 0.05) is 11.3 Å². The van der Waals surface area contributed by atoms with Crippen LogP contribution in [-0.2, 0) is 4.79 Å². The van der Waals surface area contributed by atoms with Gasteiger partial charge in [-0.25, -0.2) is 0 Å². The van der Waals surface area contributed by atoms with E-state index in [0.717, 1.165) is 5.56 Å². The molecule has 0 aliphatic heterocycles. The van der Waals surface area contributed by atoms with Gasteiger partial charge in [-0.15, -0.1) is 0 Å². The van der Waals surface area contributed by atoms with Crippen LogP contribution in [0.4, 0.5) is 5.69 Å². The summed E-state index contributed by atoms with van der Waals surface area (Å²) >= 11 is 0. The molecule has 0 aromatic heterocycles. The number of primary amides is 1. The van der Waals surface area contributed by atoms with Crippen molar-refractivity contribution in [3.63, 3.8) is 0 Å². The molecule has 1 rings (SSSR count). The monoisotopic (exact) mass is 210 g/mol. The molecule has 6 N–H and O–H groups in total. The fraction of sp³-hybridized carbons (Fsp3) is 0.300. The Labute approximate surface area is 87.3 Å². The molecule has 82 valence electrons. The van der Waals surface area contributed by atoms with Gasteiger partial charge < -0.3 is 21.7 Å². The van der Waals surface area contributed by atoms with E-state index in [0.29, 0.717) is 11.3 Å². The second-order valence-corrected chi connectivity index (χ2v) is 3.42. The van der Waals surface area contributed by atoms with E-state index in [-0.39, 0.29) is 0 Å². The molecule has 0 saturated heterocycles. The number of nitrogen functional groups attached to an aromatic ring is 1. The number of anilines is 1. The van der Waals surface area contributed by atoms with Gasteiger partial charge in [0.05, 0.1) is 0 Å². The zero-order valence-electron chi connectivity index (χ0n) is 8.34. The lowest BCUT2D eigenvalue weighted by Gasteiger charge is -2.17. The van der Waals surface area contributed by atoms with E-state index < -0.39 is 18.1 Å². The molecule has 1 amide bonds. The molecule has 5 heteroatoms. The molecule has 0 heterocycles. The van der Waals surface area contributed by atoms with Crippen molar-refractivity contribution in [2.24, 2.45) is 5.73 Å². The molecule has 1 aromatic carbocycles. The van der Waals surface area contributed by atoms with Gasteiger partial charge in [0.15, 0.2) is 6.10 Å². The molecular formula is C10H14N2O3. The van der Waals surface area contributed by atoms with E-state index in [1.54, 1.807) is 18.2 Å². The van der Waals surface area contributed by atoms with Gasteiger partial charge in [0.2, 0.25) is 5.91 Å². The fourth-order valence-electron chi connectivity index (χ4n) is 1.29. The van der Waals surface area contributed by atoms with E-state index in [4.69, 9.17) is 11.5 Å². The minimum absolute atomic E-state index is 0.298. The highest BCUT2D eigenvalue weighted by Crippen LogP contribution is 2.23. The number of nitrogens with two attached hydrogens (primary N) is 2. The topological polar surface area (TPSA) is 110 Å². The standard InChI is InChI=1S/C10H14N2O3/c1-5-2-3-6(7(11)4-5)8(13)9(14)10(12)15/h2-4,8-9,13-14H,11H2,1H3,(H2,12,15). The Hall–Kier alpha value is -1.59. The SMILES string of the molecule is Cc1ccc(C(O)C(O)C(N)=O)c(N)c1. The number of hydrogen-bond acceptors (Lipinski definition) is 4. The van der Waals surface area contributed by atoms with Gasteiger partial charge in [-0.3, -0.25) is 4.79 Å². The third-order valence-electron chi connectivity index (χ3n) is 2.15. The number of carbonyl (C=O) groups is 1. The third-order valence-corrected chi connectivity index (χ3v) is 2.15. The Morgan fingerprint density at radius 3 is 2.47 bits per heavy atom. The van der Waals surface area contributed by atoms with Crippen LogP contribution >= 0.6 is 0 Å². The van der Waals surface area contributed by atoms with Crippen LogP contribution in [0.25, 0.3) is 0 Å². The Kier molecular flexibility index (Phi) is 3.28. The first-order valence-electron chi connectivity index (χ1n) is 4.45. The van der Waals surface area contributed by atoms with Crippen LogP contribution in [0.15, 0.2) is 18.2 Å². The summed E-state index contributed by atoms with van der Waals surface area (Å²) < 4.78 is 0. The fourth-order valence-corrected chi connectivity index (χ4v) is 1.29. The molecule has 0 bridgehead atoms. The second kappa shape index (κ2) is 4.29. The molecule has 0 aliphatic carbocycles. The molecule has 0 radical (unpaired) electrons. The van der Waals surface area contributed by atoms with Crippen LogP contribution in [0.2, 0.25) is 0 Å². The van der Waals surface area contributed by atoms with E-state index in [2.05, 4.69) is 0 Å². The minimum atomic E-state index is -1.64.